The number of carbonyl (C=O) groups excluding carboxylic acids is 1. The Kier molecular flexibility index (Phi) is 8.27. The monoisotopic (exact) mass is 592 g/mol. The van der Waals surface area contributed by atoms with E-state index in [2.05, 4.69) is 68.0 Å². The van der Waals surface area contributed by atoms with Gasteiger partial charge in [0.2, 0.25) is 5.91 Å². The third kappa shape index (κ3) is 5.93. The lowest BCUT2D eigenvalue weighted by molar-refractivity contribution is -0.131. The molecular formula is C31H34BrFN2O2Si. The van der Waals surface area contributed by atoms with Crippen molar-refractivity contribution in [2.75, 3.05) is 4.90 Å². The van der Waals surface area contributed by atoms with Crippen LogP contribution in [0.25, 0.3) is 0 Å². The minimum absolute atomic E-state index is 0.0178. The molecule has 4 rings (SSSR count). The molecule has 1 heterocycles. The van der Waals surface area contributed by atoms with Gasteiger partial charge in [-0.25, -0.2) is 4.39 Å². The number of nitrogens with zero attached hydrogens (tertiary/aromatic N) is 2. The third-order valence-electron chi connectivity index (χ3n) is 7.92. The van der Waals surface area contributed by atoms with Gasteiger partial charge in [0, 0.05) is 10.2 Å². The first-order valence-corrected chi connectivity index (χ1v) is 16.6. The van der Waals surface area contributed by atoms with Crippen LogP contribution in [0.15, 0.2) is 77.3 Å². The second-order valence-electron chi connectivity index (χ2n) is 11.5. The summed E-state index contributed by atoms with van der Waals surface area (Å²) < 4.78 is 21.5. The summed E-state index contributed by atoms with van der Waals surface area (Å²) in [5.41, 5.74) is 3.34. The van der Waals surface area contributed by atoms with Gasteiger partial charge in [0.15, 0.2) is 8.32 Å². The molecule has 0 spiro atoms. The Bertz CT molecular complexity index is 1310. The molecule has 3 atom stereocenters. The number of rotatable bonds is 8. The van der Waals surface area contributed by atoms with E-state index < -0.39 is 8.32 Å². The molecule has 3 aromatic carbocycles. The molecule has 0 saturated carbocycles. The van der Waals surface area contributed by atoms with Crippen LogP contribution in [0, 0.1) is 23.1 Å². The van der Waals surface area contributed by atoms with E-state index >= 15 is 0 Å². The smallest absolute Gasteiger partial charge is 0.233 e. The van der Waals surface area contributed by atoms with Crippen LogP contribution in [0.1, 0.15) is 62.4 Å². The standard InChI is InChI=1S/C31H34BrFN2O2Si/c1-31(2,3)38(4,5)37-28(22-10-14-25(33)15-11-22)19-18-27-29(23-8-12-24(32)13-9-23)35(30(27)36)26-16-6-21(20-34)7-17-26/h6-17,27-29H,18-19H2,1-5H3/t27-,28+,29-/m1/s1. The van der Waals surface area contributed by atoms with Crippen LogP contribution in [-0.2, 0) is 9.22 Å². The van der Waals surface area contributed by atoms with Gasteiger partial charge in [-0.15, -0.1) is 0 Å². The van der Waals surface area contributed by atoms with Gasteiger partial charge in [-0.05, 0) is 90.6 Å². The average molecular weight is 594 g/mol. The highest BCUT2D eigenvalue weighted by molar-refractivity contribution is 9.10. The zero-order valence-corrected chi connectivity index (χ0v) is 25.1. The van der Waals surface area contributed by atoms with Gasteiger partial charge in [0.1, 0.15) is 5.82 Å². The van der Waals surface area contributed by atoms with E-state index in [0.29, 0.717) is 18.4 Å². The topological polar surface area (TPSA) is 53.3 Å². The number of hydrogen-bond acceptors (Lipinski definition) is 3. The first-order valence-electron chi connectivity index (χ1n) is 12.9. The van der Waals surface area contributed by atoms with Crippen LogP contribution < -0.4 is 4.90 Å². The van der Waals surface area contributed by atoms with E-state index in [9.17, 15) is 14.4 Å². The fraction of sp³-hybridized carbons (Fsp3) is 0.355. The van der Waals surface area contributed by atoms with Gasteiger partial charge in [0.05, 0.1) is 29.7 Å². The van der Waals surface area contributed by atoms with Gasteiger partial charge < -0.3 is 9.33 Å². The molecular weight excluding hydrogens is 559 g/mol. The van der Waals surface area contributed by atoms with Gasteiger partial charge in [-0.2, -0.15) is 5.26 Å². The van der Waals surface area contributed by atoms with Gasteiger partial charge in [-0.1, -0.05) is 61.0 Å². The minimum atomic E-state index is -2.13. The van der Waals surface area contributed by atoms with Crippen LogP contribution in [0.4, 0.5) is 10.1 Å². The quantitative estimate of drug-likeness (QED) is 0.194. The summed E-state index contributed by atoms with van der Waals surface area (Å²) in [6.07, 6.45) is 1.07. The number of carbonyl (C=O) groups is 1. The van der Waals surface area contributed by atoms with E-state index in [1.165, 1.54) is 12.1 Å². The van der Waals surface area contributed by atoms with E-state index in [1.807, 2.05) is 29.2 Å². The zero-order chi connectivity index (χ0) is 27.7. The predicted octanol–water partition coefficient (Wildman–Crippen LogP) is 8.71. The number of benzene rings is 3. The lowest BCUT2D eigenvalue weighted by atomic mass is 9.78. The van der Waals surface area contributed by atoms with Crippen molar-refractivity contribution in [2.24, 2.45) is 5.92 Å². The molecule has 198 valence electrons. The molecule has 0 bridgehead atoms. The molecule has 0 radical (unpaired) electrons. The minimum Gasteiger partial charge on any atom is -0.410 e. The Labute approximate surface area is 234 Å². The number of β-lactam (4-membered cyclic amide) rings is 1. The Balaban J connectivity index is 1.62. The first-order chi connectivity index (χ1) is 17.9. The van der Waals surface area contributed by atoms with Crippen LogP contribution in [0.3, 0.4) is 0 Å². The van der Waals surface area contributed by atoms with Crippen molar-refractivity contribution in [1.82, 2.24) is 0 Å². The second kappa shape index (κ2) is 11.1. The van der Waals surface area contributed by atoms with Crippen molar-refractivity contribution in [1.29, 1.82) is 5.26 Å². The van der Waals surface area contributed by atoms with Crippen LogP contribution in [-0.4, -0.2) is 14.2 Å². The van der Waals surface area contributed by atoms with Crippen molar-refractivity contribution >= 4 is 35.8 Å². The number of nitriles is 1. The van der Waals surface area contributed by atoms with Crippen molar-refractivity contribution < 1.29 is 13.6 Å². The molecule has 1 aliphatic heterocycles. The summed E-state index contributed by atoms with van der Waals surface area (Å²) in [6, 6.07) is 23.8. The van der Waals surface area contributed by atoms with Crippen LogP contribution in [0.5, 0.6) is 0 Å². The number of amides is 1. The summed E-state index contributed by atoms with van der Waals surface area (Å²) in [5.74, 6) is -0.423. The highest BCUT2D eigenvalue weighted by atomic mass is 79.9. The van der Waals surface area contributed by atoms with Crippen molar-refractivity contribution in [2.45, 2.75) is 63.9 Å². The maximum Gasteiger partial charge on any atom is 0.233 e. The molecule has 0 aliphatic carbocycles. The van der Waals surface area contributed by atoms with E-state index in [-0.39, 0.29) is 34.8 Å². The van der Waals surface area contributed by atoms with Crippen LogP contribution in [0.2, 0.25) is 18.1 Å². The highest BCUT2D eigenvalue weighted by Crippen LogP contribution is 2.48. The maximum absolute atomic E-state index is 13.7. The summed E-state index contributed by atoms with van der Waals surface area (Å²) in [6.45, 7) is 11.0. The predicted molar refractivity (Wildman–Crippen MR) is 156 cm³/mol. The Hall–Kier alpha value is -2.79. The Morgan fingerprint density at radius 3 is 2.18 bits per heavy atom. The summed E-state index contributed by atoms with van der Waals surface area (Å²) in [5, 5.41) is 9.20. The summed E-state index contributed by atoms with van der Waals surface area (Å²) >= 11 is 3.51. The molecule has 0 N–H and O–H groups in total. The lowest BCUT2D eigenvalue weighted by Crippen LogP contribution is -2.55. The lowest BCUT2D eigenvalue weighted by Gasteiger charge is -2.48. The number of anilines is 1. The van der Waals surface area contributed by atoms with E-state index in [1.54, 1.807) is 24.3 Å². The molecule has 3 aromatic rings. The van der Waals surface area contributed by atoms with Crippen molar-refractivity contribution in [3.05, 3.63) is 99.8 Å². The van der Waals surface area contributed by atoms with Crippen molar-refractivity contribution in [3.63, 3.8) is 0 Å². The van der Waals surface area contributed by atoms with E-state index in [0.717, 1.165) is 21.3 Å². The zero-order valence-electron chi connectivity index (χ0n) is 22.5. The average Bonchev–Trinajstić information content (AvgIpc) is 2.87. The Morgan fingerprint density at radius 2 is 1.63 bits per heavy atom. The largest absolute Gasteiger partial charge is 0.410 e. The fourth-order valence-corrected chi connectivity index (χ4v) is 6.27. The van der Waals surface area contributed by atoms with Gasteiger partial charge in [0.25, 0.3) is 0 Å². The normalized spacial score (nSPS) is 18.6. The molecule has 7 heteroatoms. The van der Waals surface area contributed by atoms with Gasteiger partial charge in [-0.3, -0.25) is 4.79 Å². The molecule has 0 aromatic heterocycles. The van der Waals surface area contributed by atoms with Crippen molar-refractivity contribution in [3.8, 4) is 6.07 Å². The maximum atomic E-state index is 13.7. The molecule has 0 unspecified atom stereocenters. The van der Waals surface area contributed by atoms with E-state index in [4.69, 9.17) is 4.43 Å². The second-order valence-corrected chi connectivity index (χ2v) is 17.1. The third-order valence-corrected chi connectivity index (χ3v) is 12.9. The molecule has 38 heavy (non-hydrogen) atoms. The highest BCUT2D eigenvalue weighted by Gasteiger charge is 2.49. The van der Waals surface area contributed by atoms with Crippen LogP contribution >= 0.6 is 15.9 Å². The Morgan fingerprint density at radius 1 is 1.03 bits per heavy atom. The molecule has 1 aliphatic rings. The molecule has 1 fully saturated rings. The summed E-state index contributed by atoms with van der Waals surface area (Å²) in [7, 11) is -2.13. The van der Waals surface area contributed by atoms with Gasteiger partial charge >= 0.3 is 0 Å². The molecule has 4 nitrogen and oxygen atoms in total. The summed E-state index contributed by atoms with van der Waals surface area (Å²) in [4.78, 5) is 15.4. The first kappa shape index (κ1) is 28.2. The number of hydrogen-bond donors (Lipinski definition) is 0. The molecule has 1 saturated heterocycles. The molecule has 1 amide bonds. The fourth-order valence-electron chi connectivity index (χ4n) is 4.69. The SMILES string of the molecule is CC(C)(C)[Si](C)(C)O[C@@H](CC[C@H]1C(=O)N(c2ccc(C#N)cc2)[C@@H]1c1ccc(Br)cc1)c1ccc(F)cc1. The number of halogens is 2.